The number of hydrogen-bond acceptors (Lipinski definition) is 1. The predicted molar refractivity (Wildman–Crippen MR) is 90.8 cm³/mol. The minimum absolute atomic E-state index is 1.15. The summed E-state index contributed by atoms with van der Waals surface area (Å²) in [6, 6.07) is 19.0. The van der Waals surface area contributed by atoms with E-state index in [9.17, 15) is 0 Å². The van der Waals surface area contributed by atoms with Crippen LogP contribution in [0.25, 0.3) is 11.1 Å². The molecule has 0 fully saturated rings. The van der Waals surface area contributed by atoms with E-state index in [4.69, 9.17) is 0 Å². The van der Waals surface area contributed by atoms with E-state index >= 15 is 0 Å². The van der Waals surface area contributed by atoms with Crippen molar-refractivity contribution < 1.29 is 0 Å². The highest BCUT2D eigenvalue weighted by atomic mass is 32.2. The zero-order chi connectivity index (χ0) is 14.2. The molecule has 0 radical (unpaired) electrons. The molecule has 0 nitrogen and oxygen atoms in total. The molecule has 0 N–H and O–H groups in total. The predicted octanol–water partition coefficient (Wildman–Crippen LogP) is 6.09. The standard InChI is InChI=1S/C19H18S/c1-3-5-11-18(4-2)20-19-14-12-17(13-15-19)16-9-7-6-8-10-16/h3-15H,2H2,1H3/b5-3-,18-11+. The summed E-state index contributed by atoms with van der Waals surface area (Å²) in [6.07, 6.45) is 8.00. The van der Waals surface area contributed by atoms with E-state index in [1.54, 1.807) is 11.8 Å². The fourth-order valence-electron chi connectivity index (χ4n) is 1.82. The van der Waals surface area contributed by atoms with Gasteiger partial charge in [0.1, 0.15) is 0 Å². The Morgan fingerprint density at radius 3 is 2.20 bits per heavy atom. The second-order valence-electron chi connectivity index (χ2n) is 4.29. The maximum Gasteiger partial charge on any atom is 0.0122 e. The van der Waals surface area contributed by atoms with Gasteiger partial charge in [-0.2, -0.15) is 0 Å². The van der Waals surface area contributed by atoms with Crippen molar-refractivity contribution in [2.45, 2.75) is 11.8 Å². The Bertz CT molecular complexity index is 604. The molecule has 0 amide bonds. The molecule has 2 aromatic carbocycles. The molecule has 100 valence electrons. The van der Waals surface area contributed by atoms with E-state index in [0.29, 0.717) is 0 Å². The molecule has 0 spiro atoms. The maximum absolute atomic E-state index is 3.85. The molecule has 0 unspecified atom stereocenters. The van der Waals surface area contributed by atoms with Gasteiger partial charge in [-0.25, -0.2) is 0 Å². The molecule has 0 saturated heterocycles. The molecular weight excluding hydrogens is 260 g/mol. The summed E-state index contributed by atoms with van der Waals surface area (Å²) >= 11 is 1.72. The highest BCUT2D eigenvalue weighted by molar-refractivity contribution is 8.03. The molecule has 2 rings (SSSR count). The summed E-state index contributed by atoms with van der Waals surface area (Å²) in [6.45, 7) is 5.86. The molecule has 0 atom stereocenters. The first kappa shape index (κ1) is 14.4. The van der Waals surface area contributed by atoms with Gasteiger partial charge >= 0.3 is 0 Å². The second-order valence-corrected chi connectivity index (χ2v) is 5.44. The summed E-state index contributed by atoms with van der Waals surface area (Å²) in [5.41, 5.74) is 2.49. The van der Waals surface area contributed by atoms with E-state index in [1.807, 2.05) is 31.2 Å². The molecular formula is C19H18S. The highest BCUT2D eigenvalue weighted by Crippen LogP contribution is 2.29. The fraction of sp³-hybridized carbons (Fsp3) is 0.0526. The zero-order valence-corrected chi connectivity index (χ0v) is 12.4. The summed E-state index contributed by atoms with van der Waals surface area (Å²) in [7, 11) is 0. The minimum Gasteiger partial charge on any atom is -0.0979 e. The van der Waals surface area contributed by atoms with Crippen LogP contribution in [0.15, 0.2) is 95.3 Å². The Balaban J connectivity index is 2.14. The Hall–Kier alpha value is -1.99. The molecule has 0 aromatic heterocycles. The van der Waals surface area contributed by atoms with Gasteiger partial charge in [0.25, 0.3) is 0 Å². The third-order valence-electron chi connectivity index (χ3n) is 2.85. The monoisotopic (exact) mass is 278 g/mol. The lowest BCUT2D eigenvalue weighted by Crippen LogP contribution is -1.78. The van der Waals surface area contributed by atoms with Gasteiger partial charge in [0, 0.05) is 9.80 Å². The van der Waals surface area contributed by atoms with Gasteiger partial charge < -0.3 is 0 Å². The van der Waals surface area contributed by atoms with Gasteiger partial charge in [0.05, 0.1) is 0 Å². The first-order chi connectivity index (χ1) is 9.83. The Morgan fingerprint density at radius 1 is 0.950 bits per heavy atom. The normalized spacial score (nSPS) is 11.8. The van der Waals surface area contributed by atoms with E-state index in [2.05, 4.69) is 61.2 Å². The Labute approximate surface area is 125 Å². The summed E-state index contributed by atoms with van der Waals surface area (Å²) < 4.78 is 0. The van der Waals surface area contributed by atoms with Crippen molar-refractivity contribution in [2.24, 2.45) is 0 Å². The van der Waals surface area contributed by atoms with Crippen molar-refractivity contribution in [1.29, 1.82) is 0 Å². The van der Waals surface area contributed by atoms with Crippen LogP contribution in [-0.4, -0.2) is 0 Å². The minimum atomic E-state index is 1.15. The average Bonchev–Trinajstić information content (AvgIpc) is 2.53. The van der Waals surface area contributed by atoms with Crippen molar-refractivity contribution >= 4 is 11.8 Å². The fourth-order valence-corrected chi connectivity index (χ4v) is 2.59. The summed E-state index contributed by atoms with van der Waals surface area (Å²) in [4.78, 5) is 2.37. The third-order valence-corrected chi connectivity index (χ3v) is 3.90. The first-order valence-electron chi connectivity index (χ1n) is 6.62. The van der Waals surface area contributed by atoms with E-state index in [-0.39, 0.29) is 0 Å². The van der Waals surface area contributed by atoms with Crippen LogP contribution in [-0.2, 0) is 0 Å². The molecule has 2 aromatic rings. The van der Waals surface area contributed by atoms with Crippen LogP contribution in [0.2, 0.25) is 0 Å². The van der Waals surface area contributed by atoms with E-state index in [1.165, 1.54) is 16.0 Å². The lowest BCUT2D eigenvalue weighted by molar-refractivity contribution is 1.46. The second kappa shape index (κ2) is 7.56. The lowest BCUT2D eigenvalue weighted by Gasteiger charge is -2.05. The van der Waals surface area contributed by atoms with E-state index in [0.717, 1.165) is 4.91 Å². The third kappa shape index (κ3) is 4.01. The average molecular weight is 278 g/mol. The first-order valence-corrected chi connectivity index (χ1v) is 7.44. The Kier molecular flexibility index (Phi) is 5.45. The van der Waals surface area contributed by atoms with Crippen molar-refractivity contribution in [3.05, 3.63) is 90.4 Å². The van der Waals surface area contributed by atoms with Crippen LogP contribution in [0.1, 0.15) is 6.92 Å². The number of allylic oxidation sites excluding steroid dienone is 4. The summed E-state index contributed by atoms with van der Waals surface area (Å²) in [5, 5.41) is 0. The van der Waals surface area contributed by atoms with Crippen molar-refractivity contribution in [2.75, 3.05) is 0 Å². The smallest absolute Gasteiger partial charge is 0.0122 e. The van der Waals surface area contributed by atoms with Crippen LogP contribution in [0.4, 0.5) is 0 Å². The maximum atomic E-state index is 3.85. The van der Waals surface area contributed by atoms with Gasteiger partial charge in [-0.1, -0.05) is 79.0 Å². The number of rotatable bonds is 5. The number of benzene rings is 2. The van der Waals surface area contributed by atoms with Crippen LogP contribution >= 0.6 is 11.8 Å². The number of hydrogen-bond donors (Lipinski definition) is 0. The van der Waals surface area contributed by atoms with Gasteiger partial charge in [-0.3, -0.25) is 0 Å². The van der Waals surface area contributed by atoms with Gasteiger partial charge in [0.15, 0.2) is 0 Å². The topological polar surface area (TPSA) is 0 Å². The molecule has 0 heterocycles. The van der Waals surface area contributed by atoms with Gasteiger partial charge in [-0.05, 0) is 36.3 Å². The van der Waals surface area contributed by atoms with Gasteiger partial charge in [0.2, 0.25) is 0 Å². The molecule has 0 aliphatic rings. The van der Waals surface area contributed by atoms with E-state index < -0.39 is 0 Å². The van der Waals surface area contributed by atoms with Crippen LogP contribution in [0, 0.1) is 0 Å². The van der Waals surface area contributed by atoms with Crippen molar-refractivity contribution in [3.63, 3.8) is 0 Å². The quantitative estimate of drug-likeness (QED) is 0.471. The SMILES string of the molecule is C=C/C(=C\C=C/C)Sc1ccc(-c2ccccc2)cc1. The zero-order valence-electron chi connectivity index (χ0n) is 11.6. The van der Waals surface area contributed by atoms with Crippen LogP contribution in [0.3, 0.4) is 0 Å². The molecule has 20 heavy (non-hydrogen) atoms. The van der Waals surface area contributed by atoms with Crippen LogP contribution in [0.5, 0.6) is 0 Å². The molecule has 0 saturated carbocycles. The lowest BCUT2D eigenvalue weighted by atomic mass is 10.1. The molecule has 0 aliphatic carbocycles. The molecule has 0 aliphatic heterocycles. The highest BCUT2D eigenvalue weighted by Gasteiger charge is 1.99. The van der Waals surface area contributed by atoms with Crippen molar-refractivity contribution in [3.8, 4) is 11.1 Å². The van der Waals surface area contributed by atoms with Crippen molar-refractivity contribution in [1.82, 2.24) is 0 Å². The largest absolute Gasteiger partial charge is 0.0979 e. The Morgan fingerprint density at radius 2 is 1.60 bits per heavy atom. The summed E-state index contributed by atoms with van der Waals surface area (Å²) in [5.74, 6) is 0. The van der Waals surface area contributed by atoms with Gasteiger partial charge in [-0.15, -0.1) is 0 Å². The van der Waals surface area contributed by atoms with Crippen LogP contribution < -0.4 is 0 Å². The molecule has 0 bridgehead atoms. The molecule has 1 heteroatoms. The number of thioether (sulfide) groups is 1.